The van der Waals surface area contributed by atoms with Gasteiger partial charge >= 0.3 is 0 Å². The van der Waals surface area contributed by atoms with E-state index < -0.39 is 0 Å². The molecule has 1 heterocycles. The second kappa shape index (κ2) is 6.33. The van der Waals surface area contributed by atoms with E-state index in [9.17, 15) is 9.59 Å². The van der Waals surface area contributed by atoms with E-state index in [4.69, 9.17) is 0 Å². The molecule has 5 nitrogen and oxygen atoms in total. The maximum Gasteiger partial charge on any atom is 0.234 e. The number of carbonyl (C=O) groups excluding carboxylic acids is 2. The highest BCUT2D eigenvalue weighted by Crippen LogP contribution is 2.10. The topological polar surface area (TPSA) is 61.4 Å². The zero-order chi connectivity index (χ0) is 13.7. The van der Waals surface area contributed by atoms with Gasteiger partial charge in [-0.2, -0.15) is 0 Å². The van der Waals surface area contributed by atoms with Gasteiger partial charge in [0.2, 0.25) is 11.8 Å². The van der Waals surface area contributed by atoms with Gasteiger partial charge in [0.15, 0.2) is 0 Å². The van der Waals surface area contributed by atoms with Gasteiger partial charge < -0.3 is 10.6 Å². The fraction of sp³-hybridized carbons (Fsp3) is 0.429. The molecule has 1 atom stereocenters. The number of piperazine rings is 1. The molecule has 1 aliphatic rings. The van der Waals surface area contributed by atoms with E-state index in [0.29, 0.717) is 13.1 Å². The largest absolute Gasteiger partial charge is 0.354 e. The Kier molecular flexibility index (Phi) is 4.52. The quantitative estimate of drug-likeness (QED) is 0.819. The van der Waals surface area contributed by atoms with E-state index in [1.807, 2.05) is 42.2 Å². The summed E-state index contributed by atoms with van der Waals surface area (Å²) in [5, 5.41) is 5.69. The van der Waals surface area contributed by atoms with Crippen molar-refractivity contribution in [1.82, 2.24) is 15.5 Å². The summed E-state index contributed by atoms with van der Waals surface area (Å²) in [5.74, 6) is -0.0683. The van der Waals surface area contributed by atoms with Crippen molar-refractivity contribution < 1.29 is 9.59 Å². The SMILES string of the molecule is C[C@@H](NC(=O)CN1CCNC(=O)C1)c1ccccc1. The van der Waals surface area contributed by atoms with Crippen molar-refractivity contribution in [3.05, 3.63) is 35.9 Å². The van der Waals surface area contributed by atoms with Crippen LogP contribution in [0.1, 0.15) is 18.5 Å². The molecular weight excluding hydrogens is 242 g/mol. The second-order valence-corrected chi connectivity index (χ2v) is 4.76. The lowest BCUT2D eigenvalue weighted by Crippen LogP contribution is -2.50. The van der Waals surface area contributed by atoms with Crippen LogP contribution < -0.4 is 10.6 Å². The van der Waals surface area contributed by atoms with Crippen molar-refractivity contribution in [2.75, 3.05) is 26.2 Å². The molecule has 1 saturated heterocycles. The molecule has 1 aliphatic heterocycles. The lowest BCUT2D eigenvalue weighted by molar-refractivity contribution is -0.127. The number of carbonyl (C=O) groups is 2. The molecule has 2 amide bonds. The van der Waals surface area contributed by atoms with Crippen LogP contribution in [0.15, 0.2) is 30.3 Å². The van der Waals surface area contributed by atoms with Crippen molar-refractivity contribution in [2.24, 2.45) is 0 Å². The fourth-order valence-corrected chi connectivity index (χ4v) is 2.14. The molecule has 5 heteroatoms. The minimum Gasteiger partial charge on any atom is -0.354 e. The minimum atomic E-state index is -0.0500. The highest BCUT2D eigenvalue weighted by atomic mass is 16.2. The van der Waals surface area contributed by atoms with Crippen molar-refractivity contribution in [3.8, 4) is 0 Å². The molecule has 2 rings (SSSR count). The van der Waals surface area contributed by atoms with Crippen molar-refractivity contribution in [3.63, 3.8) is 0 Å². The normalized spacial score (nSPS) is 17.6. The van der Waals surface area contributed by atoms with Gasteiger partial charge in [-0.05, 0) is 12.5 Å². The molecule has 1 fully saturated rings. The molecule has 0 bridgehead atoms. The monoisotopic (exact) mass is 261 g/mol. The maximum absolute atomic E-state index is 11.9. The number of nitrogens with zero attached hydrogens (tertiary/aromatic N) is 1. The third-order valence-corrected chi connectivity index (χ3v) is 3.16. The Morgan fingerprint density at radius 1 is 1.42 bits per heavy atom. The Morgan fingerprint density at radius 2 is 2.16 bits per heavy atom. The molecule has 1 aromatic rings. The number of hydrogen-bond donors (Lipinski definition) is 2. The Bertz CT molecular complexity index is 447. The molecule has 0 saturated carbocycles. The van der Waals surface area contributed by atoms with Crippen molar-refractivity contribution >= 4 is 11.8 Å². The Balaban J connectivity index is 1.82. The molecule has 0 unspecified atom stereocenters. The van der Waals surface area contributed by atoms with Crippen LogP contribution in [0.2, 0.25) is 0 Å². The smallest absolute Gasteiger partial charge is 0.234 e. The van der Waals surface area contributed by atoms with Gasteiger partial charge in [0, 0.05) is 13.1 Å². The third kappa shape index (κ3) is 4.06. The summed E-state index contributed by atoms with van der Waals surface area (Å²) in [4.78, 5) is 25.0. The number of nitrogens with one attached hydrogen (secondary N) is 2. The molecule has 1 aromatic carbocycles. The third-order valence-electron chi connectivity index (χ3n) is 3.16. The summed E-state index contributed by atoms with van der Waals surface area (Å²) in [7, 11) is 0. The zero-order valence-electron chi connectivity index (χ0n) is 11.1. The Hall–Kier alpha value is -1.88. The molecule has 0 aliphatic carbocycles. The van der Waals surface area contributed by atoms with Crippen LogP contribution in [0, 0.1) is 0 Å². The number of amides is 2. The van der Waals surface area contributed by atoms with Gasteiger partial charge in [-0.3, -0.25) is 14.5 Å². The van der Waals surface area contributed by atoms with E-state index >= 15 is 0 Å². The van der Waals surface area contributed by atoms with E-state index in [2.05, 4.69) is 10.6 Å². The predicted molar refractivity (Wildman–Crippen MR) is 72.4 cm³/mol. The van der Waals surface area contributed by atoms with Crippen LogP contribution >= 0.6 is 0 Å². The molecule has 0 spiro atoms. The van der Waals surface area contributed by atoms with Crippen LogP contribution in [0.3, 0.4) is 0 Å². The number of rotatable bonds is 4. The summed E-state index contributed by atoms with van der Waals surface area (Å²) in [6.45, 7) is 3.85. The zero-order valence-corrected chi connectivity index (χ0v) is 11.1. The summed E-state index contributed by atoms with van der Waals surface area (Å²) in [6.07, 6.45) is 0. The average Bonchev–Trinajstić information content (AvgIpc) is 2.39. The van der Waals surface area contributed by atoms with Gasteiger partial charge in [-0.15, -0.1) is 0 Å². The first-order valence-electron chi connectivity index (χ1n) is 6.48. The minimum absolute atomic E-state index is 0.0184. The Labute approximate surface area is 113 Å². The van der Waals surface area contributed by atoms with E-state index in [-0.39, 0.29) is 24.4 Å². The molecule has 2 N–H and O–H groups in total. The molecule has 19 heavy (non-hydrogen) atoms. The Morgan fingerprint density at radius 3 is 2.84 bits per heavy atom. The highest BCUT2D eigenvalue weighted by Gasteiger charge is 2.19. The van der Waals surface area contributed by atoms with Crippen molar-refractivity contribution in [2.45, 2.75) is 13.0 Å². The van der Waals surface area contributed by atoms with Gasteiger partial charge in [-0.1, -0.05) is 30.3 Å². The molecule has 0 aromatic heterocycles. The summed E-state index contributed by atoms with van der Waals surface area (Å²) in [5.41, 5.74) is 1.08. The van der Waals surface area contributed by atoms with Gasteiger partial charge in [0.1, 0.15) is 0 Å². The average molecular weight is 261 g/mol. The van der Waals surface area contributed by atoms with Crippen LogP contribution in [0.25, 0.3) is 0 Å². The second-order valence-electron chi connectivity index (χ2n) is 4.76. The highest BCUT2D eigenvalue weighted by molar-refractivity contribution is 5.82. The van der Waals surface area contributed by atoms with E-state index in [1.54, 1.807) is 0 Å². The van der Waals surface area contributed by atoms with Gasteiger partial charge in [-0.25, -0.2) is 0 Å². The predicted octanol–water partition coefficient (Wildman–Crippen LogP) is 0.296. The summed E-state index contributed by atoms with van der Waals surface area (Å²) < 4.78 is 0. The fourth-order valence-electron chi connectivity index (χ4n) is 2.14. The standard InChI is InChI=1S/C14H19N3O2/c1-11(12-5-3-2-4-6-12)16-14(19)10-17-8-7-15-13(18)9-17/h2-6,11H,7-10H2,1H3,(H,15,18)(H,16,19)/t11-/m1/s1. The van der Waals surface area contributed by atoms with Crippen LogP contribution in [-0.4, -0.2) is 42.9 Å². The van der Waals surface area contributed by atoms with Crippen LogP contribution in [-0.2, 0) is 9.59 Å². The van der Waals surface area contributed by atoms with Crippen LogP contribution in [0.5, 0.6) is 0 Å². The van der Waals surface area contributed by atoms with Crippen LogP contribution in [0.4, 0.5) is 0 Å². The lowest BCUT2D eigenvalue weighted by atomic mass is 10.1. The van der Waals surface area contributed by atoms with Crippen molar-refractivity contribution in [1.29, 1.82) is 0 Å². The lowest BCUT2D eigenvalue weighted by Gasteiger charge is -2.26. The number of benzene rings is 1. The number of hydrogen-bond acceptors (Lipinski definition) is 3. The summed E-state index contributed by atoms with van der Waals surface area (Å²) in [6, 6.07) is 9.80. The van der Waals surface area contributed by atoms with Gasteiger partial charge in [0.05, 0.1) is 19.1 Å². The first-order chi connectivity index (χ1) is 9.15. The molecule has 0 radical (unpaired) electrons. The van der Waals surface area contributed by atoms with E-state index in [1.165, 1.54) is 0 Å². The van der Waals surface area contributed by atoms with E-state index in [0.717, 1.165) is 12.1 Å². The maximum atomic E-state index is 11.9. The molecule has 102 valence electrons. The first kappa shape index (κ1) is 13.5. The molecular formula is C14H19N3O2. The first-order valence-corrected chi connectivity index (χ1v) is 6.48. The van der Waals surface area contributed by atoms with Gasteiger partial charge in [0.25, 0.3) is 0 Å². The summed E-state index contributed by atoms with van der Waals surface area (Å²) >= 11 is 0.